The molecule has 150 valence electrons. The number of nitriles is 1. The molecule has 0 saturated carbocycles. The van der Waals surface area contributed by atoms with E-state index in [9.17, 15) is 16.8 Å². The molecule has 0 heterocycles. The number of hydrogen-bond donors (Lipinski definition) is 2. The number of nitrogens with zero attached hydrogens (tertiary/aromatic N) is 1. The first-order valence-corrected chi connectivity index (χ1v) is 11.8. The van der Waals surface area contributed by atoms with Crippen LogP contribution in [0.25, 0.3) is 0 Å². The molecule has 2 aromatic rings. The van der Waals surface area contributed by atoms with Crippen LogP contribution >= 0.6 is 11.6 Å². The molecule has 0 spiro atoms. The Labute approximate surface area is 170 Å². The summed E-state index contributed by atoms with van der Waals surface area (Å²) in [6.45, 7) is 3.35. The van der Waals surface area contributed by atoms with Gasteiger partial charge in [-0.2, -0.15) is 5.26 Å². The highest BCUT2D eigenvalue weighted by molar-refractivity contribution is 7.89. The molecule has 2 N–H and O–H groups in total. The highest BCUT2D eigenvalue weighted by atomic mass is 35.5. The van der Waals surface area contributed by atoms with Gasteiger partial charge in [0.05, 0.1) is 21.2 Å². The van der Waals surface area contributed by atoms with E-state index in [4.69, 9.17) is 16.9 Å². The Hall–Kier alpha value is -1.96. The molecule has 0 radical (unpaired) electrons. The first-order chi connectivity index (χ1) is 13.0. The van der Waals surface area contributed by atoms with Crippen LogP contribution in [0.1, 0.15) is 30.5 Å². The van der Waals surface area contributed by atoms with E-state index in [1.165, 1.54) is 18.2 Å². The number of rotatable bonds is 8. The minimum atomic E-state index is -3.91. The monoisotopic (exact) mass is 441 g/mol. The molecule has 0 bridgehead atoms. The first kappa shape index (κ1) is 22.3. The third kappa shape index (κ3) is 6.02. The van der Waals surface area contributed by atoms with Gasteiger partial charge in [-0.05, 0) is 43.2 Å². The van der Waals surface area contributed by atoms with Crippen molar-refractivity contribution < 1.29 is 16.8 Å². The molecule has 28 heavy (non-hydrogen) atoms. The number of benzene rings is 2. The van der Waals surface area contributed by atoms with Crippen LogP contribution in [0.2, 0.25) is 5.02 Å². The minimum Gasteiger partial charge on any atom is -0.212 e. The lowest BCUT2D eigenvalue weighted by Crippen LogP contribution is -2.32. The van der Waals surface area contributed by atoms with Gasteiger partial charge in [-0.3, -0.25) is 0 Å². The van der Waals surface area contributed by atoms with Crippen molar-refractivity contribution in [2.75, 3.05) is 0 Å². The summed E-state index contributed by atoms with van der Waals surface area (Å²) in [4.78, 5) is -0.0972. The molecule has 10 heteroatoms. The number of hydrogen-bond acceptors (Lipinski definition) is 5. The lowest BCUT2D eigenvalue weighted by atomic mass is 10.1. The van der Waals surface area contributed by atoms with Crippen LogP contribution in [0.3, 0.4) is 0 Å². The fraction of sp³-hybridized carbons (Fsp3) is 0.278. The zero-order valence-corrected chi connectivity index (χ0v) is 17.7. The van der Waals surface area contributed by atoms with E-state index in [1.807, 2.05) is 6.07 Å². The summed E-state index contributed by atoms with van der Waals surface area (Å²) >= 11 is 5.84. The topological polar surface area (TPSA) is 116 Å². The van der Waals surface area contributed by atoms with Gasteiger partial charge in [0, 0.05) is 12.6 Å². The van der Waals surface area contributed by atoms with Crippen molar-refractivity contribution in [1.82, 2.24) is 9.44 Å². The van der Waals surface area contributed by atoms with Gasteiger partial charge in [0.25, 0.3) is 0 Å². The Morgan fingerprint density at radius 2 is 1.71 bits per heavy atom. The molecule has 2 rings (SSSR count). The second-order valence-corrected chi connectivity index (χ2v) is 10.3. The highest BCUT2D eigenvalue weighted by Gasteiger charge is 2.19. The summed E-state index contributed by atoms with van der Waals surface area (Å²) in [6, 6.07) is 12.1. The van der Waals surface area contributed by atoms with Crippen LogP contribution in [0.4, 0.5) is 0 Å². The van der Waals surface area contributed by atoms with Crippen LogP contribution in [-0.4, -0.2) is 22.9 Å². The van der Waals surface area contributed by atoms with E-state index in [1.54, 1.807) is 38.1 Å². The molecule has 0 fully saturated rings. The molecule has 0 unspecified atom stereocenters. The average molecular weight is 442 g/mol. The van der Waals surface area contributed by atoms with E-state index >= 15 is 0 Å². The molecular weight excluding hydrogens is 422 g/mol. The zero-order chi connectivity index (χ0) is 20.9. The average Bonchev–Trinajstić information content (AvgIpc) is 2.59. The molecule has 0 aromatic heterocycles. The van der Waals surface area contributed by atoms with Gasteiger partial charge >= 0.3 is 0 Å². The van der Waals surface area contributed by atoms with Crippen LogP contribution in [0, 0.1) is 11.3 Å². The van der Waals surface area contributed by atoms with Gasteiger partial charge in [-0.15, -0.1) is 0 Å². The Balaban J connectivity index is 2.22. The van der Waals surface area contributed by atoms with Gasteiger partial charge < -0.3 is 0 Å². The molecule has 0 aliphatic heterocycles. The van der Waals surface area contributed by atoms with Gasteiger partial charge in [0.1, 0.15) is 6.07 Å². The van der Waals surface area contributed by atoms with Crippen molar-refractivity contribution >= 4 is 31.6 Å². The van der Waals surface area contributed by atoms with Crippen molar-refractivity contribution in [1.29, 1.82) is 5.26 Å². The van der Waals surface area contributed by atoms with E-state index in [0.29, 0.717) is 11.1 Å². The number of nitrogens with one attached hydrogen (secondary N) is 2. The normalized spacial score (nSPS) is 12.1. The third-order valence-electron chi connectivity index (χ3n) is 3.70. The zero-order valence-electron chi connectivity index (χ0n) is 15.3. The first-order valence-electron chi connectivity index (χ1n) is 8.30. The minimum absolute atomic E-state index is 0.0517. The molecule has 0 aliphatic carbocycles. The molecule has 0 aliphatic rings. The van der Waals surface area contributed by atoms with Gasteiger partial charge in [0.2, 0.25) is 20.0 Å². The van der Waals surface area contributed by atoms with Crippen molar-refractivity contribution in [3.8, 4) is 6.07 Å². The summed E-state index contributed by atoms with van der Waals surface area (Å²) in [5.41, 5.74) is 1.08. The lowest BCUT2D eigenvalue weighted by Gasteiger charge is -2.13. The summed E-state index contributed by atoms with van der Waals surface area (Å²) in [7, 11) is -7.47. The fourth-order valence-electron chi connectivity index (χ4n) is 2.49. The van der Waals surface area contributed by atoms with E-state index in [2.05, 4.69) is 9.44 Å². The van der Waals surface area contributed by atoms with E-state index in [-0.39, 0.29) is 33.8 Å². The van der Waals surface area contributed by atoms with Crippen molar-refractivity contribution in [2.45, 2.75) is 37.1 Å². The summed E-state index contributed by atoms with van der Waals surface area (Å²) in [5.74, 6) is -0.261. The Morgan fingerprint density at radius 1 is 1.07 bits per heavy atom. The molecule has 0 saturated heterocycles. The van der Waals surface area contributed by atoms with Crippen LogP contribution in [0.15, 0.2) is 47.4 Å². The van der Waals surface area contributed by atoms with Crippen LogP contribution in [0.5, 0.6) is 0 Å². The molecule has 0 amide bonds. The largest absolute Gasteiger partial charge is 0.240 e. The van der Waals surface area contributed by atoms with E-state index in [0.717, 1.165) is 0 Å². The van der Waals surface area contributed by atoms with Gasteiger partial charge in [-0.1, -0.05) is 35.9 Å². The second kappa shape index (κ2) is 9.03. The Bertz CT molecular complexity index is 1110. The highest BCUT2D eigenvalue weighted by Crippen LogP contribution is 2.20. The SMILES string of the molecule is CC(C)NS(=O)(=O)Cc1ccccc1CNS(=O)(=O)c1ccc(Cl)c(C#N)c1. The standard InChI is InChI=1S/C18H20ClN3O4S2/c1-13(2)22-27(23,24)12-15-6-4-3-5-14(15)11-21-28(25,26)17-7-8-18(19)16(9-17)10-20/h3-9,13,21-22H,11-12H2,1-2H3. The second-order valence-electron chi connectivity index (χ2n) is 6.38. The molecule has 0 atom stereocenters. The van der Waals surface area contributed by atoms with Crippen molar-refractivity contribution in [3.63, 3.8) is 0 Å². The van der Waals surface area contributed by atoms with Crippen LogP contribution < -0.4 is 9.44 Å². The predicted octanol–water partition coefficient (Wildman–Crippen LogP) is 2.52. The maximum absolute atomic E-state index is 12.5. The van der Waals surface area contributed by atoms with E-state index < -0.39 is 20.0 Å². The predicted molar refractivity (Wildman–Crippen MR) is 108 cm³/mol. The smallest absolute Gasteiger partial charge is 0.212 e. The third-order valence-corrected chi connectivity index (χ3v) is 6.95. The summed E-state index contributed by atoms with van der Waals surface area (Å²) < 4.78 is 54.4. The number of halogens is 1. The number of sulfonamides is 2. The molecular formula is C18H20ClN3O4S2. The van der Waals surface area contributed by atoms with Gasteiger partial charge in [-0.25, -0.2) is 26.3 Å². The fourth-order valence-corrected chi connectivity index (χ4v) is 5.17. The molecule has 7 nitrogen and oxygen atoms in total. The van der Waals surface area contributed by atoms with Crippen LogP contribution in [-0.2, 0) is 32.3 Å². The van der Waals surface area contributed by atoms with Crippen molar-refractivity contribution in [2.24, 2.45) is 0 Å². The Morgan fingerprint density at radius 3 is 2.32 bits per heavy atom. The summed E-state index contributed by atoms with van der Waals surface area (Å²) in [6.07, 6.45) is 0. The van der Waals surface area contributed by atoms with Crippen molar-refractivity contribution in [3.05, 3.63) is 64.2 Å². The lowest BCUT2D eigenvalue weighted by molar-refractivity contribution is 0.568. The molecule has 2 aromatic carbocycles. The summed E-state index contributed by atoms with van der Waals surface area (Å²) in [5, 5.41) is 9.17. The quantitative estimate of drug-likeness (QED) is 0.652. The van der Waals surface area contributed by atoms with Gasteiger partial charge in [0.15, 0.2) is 0 Å². The maximum atomic E-state index is 12.5. The Kier molecular flexibility index (Phi) is 7.20. The maximum Gasteiger partial charge on any atom is 0.240 e.